The third-order valence-electron chi connectivity index (χ3n) is 3.89. The van der Waals surface area contributed by atoms with E-state index in [1.165, 1.54) is 0 Å². The van der Waals surface area contributed by atoms with Gasteiger partial charge in [0.1, 0.15) is 11.5 Å². The fourth-order valence-corrected chi connectivity index (χ4v) is 2.65. The summed E-state index contributed by atoms with van der Waals surface area (Å²) in [5, 5.41) is 5.14. The Bertz CT molecular complexity index is 935. The fraction of sp³-hybridized carbons (Fsp3) is 0.250. The van der Waals surface area contributed by atoms with E-state index in [1.807, 2.05) is 31.5 Å². The van der Waals surface area contributed by atoms with E-state index < -0.39 is 0 Å². The molecule has 4 aromatic heterocycles. The number of aromatic nitrogens is 6. The van der Waals surface area contributed by atoms with Crippen LogP contribution < -0.4 is 0 Å². The van der Waals surface area contributed by atoms with Crippen molar-refractivity contribution < 1.29 is 4.52 Å². The Morgan fingerprint density at radius 3 is 3.09 bits per heavy atom. The molecule has 0 radical (unpaired) electrons. The number of nitrogens with zero attached hydrogens (tertiary/aromatic N) is 5. The minimum absolute atomic E-state index is 0.600. The predicted molar refractivity (Wildman–Crippen MR) is 83.9 cm³/mol. The van der Waals surface area contributed by atoms with E-state index in [0.717, 1.165) is 35.4 Å². The average Bonchev–Trinajstić information content (AvgIpc) is 3.27. The zero-order valence-electron chi connectivity index (χ0n) is 12.7. The van der Waals surface area contributed by atoms with Crippen LogP contribution in [0.15, 0.2) is 41.4 Å². The van der Waals surface area contributed by atoms with E-state index >= 15 is 0 Å². The second kappa shape index (κ2) is 5.68. The molecule has 0 fully saturated rings. The quantitative estimate of drug-likeness (QED) is 0.611. The molecule has 0 aliphatic heterocycles. The van der Waals surface area contributed by atoms with Crippen LogP contribution in [0.25, 0.3) is 11.0 Å². The minimum atomic E-state index is 0.600. The number of pyridine rings is 1. The standard InChI is InChI=1S/C16H16N6O/c1-11-17-6-8-22(11)7-4-14-20-15(23-21-14)9-12-10-19-16-13(12)3-2-5-18-16/h2-3,5-6,8,10H,4,7,9H2,1H3,(H,18,19). The Hall–Kier alpha value is -2.96. The molecule has 0 unspecified atom stereocenters. The van der Waals surface area contributed by atoms with Crippen LogP contribution in [0.3, 0.4) is 0 Å². The van der Waals surface area contributed by atoms with Crippen molar-refractivity contribution >= 4 is 11.0 Å². The third-order valence-corrected chi connectivity index (χ3v) is 3.89. The third kappa shape index (κ3) is 2.73. The van der Waals surface area contributed by atoms with Gasteiger partial charge in [-0.2, -0.15) is 4.98 Å². The van der Waals surface area contributed by atoms with Crippen molar-refractivity contribution in [2.24, 2.45) is 0 Å². The number of H-pyrrole nitrogens is 1. The maximum Gasteiger partial charge on any atom is 0.231 e. The fourth-order valence-electron chi connectivity index (χ4n) is 2.65. The van der Waals surface area contributed by atoms with Gasteiger partial charge in [-0.15, -0.1) is 0 Å². The molecule has 7 nitrogen and oxygen atoms in total. The highest BCUT2D eigenvalue weighted by Gasteiger charge is 2.11. The van der Waals surface area contributed by atoms with E-state index in [9.17, 15) is 0 Å². The van der Waals surface area contributed by atoms with Crippen molar-refractivity contribution in [3.05, 3.63) is 60.0 Å². The molecule has 0 amide bonds. The normalized spacial score (nSPS) is 11.3. The topological polar surface area (TPSA) is 85.4 Å². The molecule has 7 heteroatoms. The first-order valence-corrected chi connectivity index (χ1v) is 7.50. The molecule has 0 bridgehead atoms. The molecule has 0 saturated carbocycles. The highest BCUT2D eigenvalue weighted by atomic mass is 16.5. The first-order chi connectivity index (χ1) is 11.3. The minimum Gasteiger partial charge on any atom is -0.346 e. The van der Waals surface area contributed by atoms with Gasteiger partial charge in [0.25, 0.3) is 0 Å². The summed E-state index contributed by atoms with van der Waals surface area (Å²) in [4.78, 5) is 16.1. The smallest absolute Gasteiger partial charge is 0.231 e. The monoisotopic (exact) mass is 308 g/mol. The molecule has 4 heterocycles. The van der Waals surface area contributed by atoms with Gasteiger partial charge in [0.2, 0.25) is 5.89 Å². The average molecular weight is 308 g/mol. The zero-order valence-corrected chi connectivity index (χ0v) is 12.7. The molecule has 0 spiro atoms. The Labute approximate surface area is 132 Å². The summed E-state index contributed by atoms with van der Waals surface area (Å²) >= 11 is 0. The number of imidazole rings is 1. The first-order valence-electron chi connectivity index (χ1n) is 7.50. The van der Waals surface area contributed by atoms with Crippen molar-refractivity contribution in [2.75, 3.05) is 0 Å². The van der Waals surface area contributed by atoms with Gasteiger partial charge in [0.15, 0.2) is 5.82 Å². The van der Waals surface area contributed by atoms with E-state index in [1.54, 1.807) is 12.4 Å². The molecule has 0 aliphatic carbocycles. The number of aromatic amines is 1. The Balaban J connectivity index is 1.46. The van der Waals surface area contributed by atoms with Gasteiger partial charge in [-0.3, -0.25) is 0 Å². The largest absolute Gasteiger partial charge is 0.346 e. The van der Waals surface area contributed by atoms with Gasteiger partial charge >= 0.3 is 0 Å². The van der Waals surface area contributed by atoms with Crippen LogP contribution in [0.4, 0.5) is 0 Å². The van der Waals surface area contributed by atoms with Gasteiger partial charge in [-0.1, -0.05) is 5.16 Å². The number of fused-ring (bicyclic) bond motifs is 1. The number of aryl methyl sites for hydroxylation is 3. The van der Waals surface area contributed by atoms with Gasteiger partial charge in [-0.05, 0) is 24.6 Å². The lowest BCUT2D eigenvalue weighted by atomic mass is 10.1. The molecule has 0 saturated heterocycles. The molecule has 116 valence electrons. The van der Waals surface area contributed by atoms with E-state index in [-0.39, 0.29) is 0 Å². The number of hydrogen-bond acceptors (Lipinski definition) is 5. The lowest BCUT2D eigenvalue weighted by molar-refractivity contribution is 0.378. The Morgan fingerprint density at radius 1 is 1.26 bits per heavy atom. The lowest BCUT2D eigenvalue weighted by Gasteiger charge is -2.00. The first kappa shape index (κ1) is 13.7. The van der Waals surface area contributed by atoms with Crippen LogP contribution in [0.2, 0.25) is 0 Å². The number of nitrogens with one attached hydrogen (secondary N) is 1. The van der Waals surface area contributed by atoms with Crippen LogP contribution in [-0.4, -0.2) is 29.7 Å². The maximum absolute atomic E-state index is 5.37. The van der Waals surface area contributed by atoms with E-state index in [4.69, 9.17) is 4.52 Å². The summed E-state index contributed by atoms with van der Waals surface area (Å²) < 4.78 is 7.44. The van der Waals surface area contributed by atoms with Crippen molar-refractivity contribution in [3.8, 4) is 0 Å². The van der Waals surface area contributed by atoms with E-state index in [0.29, 0.717) is 18.1 Å². The van der Waals surface area contributed by atoms with Gasteiger partial charge in [0, 0.05) is 43.1 Å². The van der Waals surface area contributed by atoms with Crippen LogP contribution in [0.5, 0.6) is 0 Å². The molecule has 4 rings (SSSR count). The molecule has 23 heavy (non-hydrogen) atoms. The summed E-state index contributed by atoms with van der Waals surface area (Å²) in [6.07, 6.45) is 8.78. The van der Waals surface area contributed by atoms with Crippen LogP contribution in [-0.2, 0) is 19.4 Å². The molecular weight excluding hydrogens is 292 g/mol. The molecule has 0 aromatic carbocycles. The summed E-state index contributed by atoms with van der Waals surface area (Å²) in [6, 6.07) is 3.96. The second-order valence-electron chi connectivity index (χ2n) is 5.41. The van der Waals surface area contributed by atoms with Crippen LogP contribution in [0.1, 0.15) is 23.1 Å². The summed E-state index contributed by atoms with van der Waals surface area (Å²) in [7, 11) is 0. The highest BCUT2D eigenvalue weighted by molar-refractivity contribution is 5.79. The Morgan fingerprint density at radius 2 is 2.22 bits per heavy atom. The zero-order chi connectivity index (χ0) is 15.6. The lowest BCUT2D eigenvalue weighted by Crippen LogP contribution is -2.03. The highest BCUT2D eigenvalue weighted by Crippen LogP contribution is 2.18. The van der Waals surface area contributed by atoms with Gasteiger partial charge in [0.05, 0.1) is 6.42 Å². The van der Waals surface area contributed by atoms with Crippen molar-refractivity contribution in [3.63, 3.8) is 0 Å². The predicted octanol–water partition coefficient (Wildman–Crippen LogP) is 2.28. The van der Waals surface area contributed by atoms with Gasteiger partial charge < -0.3 is 14.1 Å². The van der Waals surface area contributed by atoms with Gasteiger partial charge in [-0.25, -0.2) is 9.97 Å². The molecule has 0 aliphatic rings. The van der Waals surface area contributed by atoms with E-state index in [2.05, 4.69) is 29.7 Å². The number of hydrogen-bond donors (Lipinski definition) is 1. The van der Waals surface area contributed by atoms with Crippen molar-refractivity contribution in [1.82, 2.24) is 29.7 Å². The Kier molecular flexibility index (Phi) is 3.38. The molecule has 4 aromatic rings. The molecule has 0 atom stereocenters. The maximum atomic E-state index is 5.37. The van der Waals surface area contributed by atoms with Crippen LogP contribution in [0, 0.1) is 6.92 Å². The SMILES string of the molecule is Cc1nccn1CCc1noc(Cc2c[nH]c3ncccc23)n1. The van der Waals surface area contributed by atoms with Crippen LogP contribution >= 0.6 is 0 Å². The molecule has 1 N–H and O–H groups in total. The number of rotatable bonds is 5. The summed E-state index contributed by atoms with van der Waals surface area (Å²) in [6.45, 7) is 2.77. The second-order valence-corrected chi connectivity index (χ2v) is 5.41. The van der Waals surface area contributed by atoms with Crippen molar-refractivity contribution in [2.45, 2.75) is 26.3 Å². The van der Waals surface area contributed by atoms with Crippen molar-refractivity contribution in [1.29, 1.82) is 0 Å². The summed E-state index contributed by atoms with van der Waals surface area (Å²) in [5.74, 6) is 2.32. The summed E-state index contributed by atoms with van der Waals surface area (Å²) in [5.41, 5.74) is 1.98. The molecular formula is C16H16N6O.